The predicted molar refractivity (Wildman–Crippen MR) is 64.1 cm³/mol. The molecule has 0 saturated heterocycles. The fourth-order valence-corrected chi connectivity index (χ4v) is 1.62. The van der Waals surface area contributed by atoms with E-state index in [1.807, 2.05) is 6.07 Å². The van der Waals surface area contributed by atoms with Crippen molar-refractivity contribution in [2.24, 2.45) is 11.7 Å². The topological polar surface area (TPSA) is 46.2 Å². The van der Waals surface area contributed by atoms with Gasteiger partial charge in [-0.3, -0.25) is 0 Å². The van der Waals surface area contributed by atoms with Gasteiger partial charge in [-0.2, -0.15) is 0 Å². The molecular weight excluding hydrogens is 210 g/mol. The van der Waals surface area contributed by atoms with E-state index in [-0.39, 0.29) is 11.8 Å². The van der Waals surface area contributed by atoms with E-state index in [2.05, 4.69) is 13.8 Å². The Morgan fingerprint density at radius 3 is 2.53 bits per heavy atom. The average molecular weight is 228 g/mol. The van der Waals surface area contributed by atoms with Gasteiger partial charge < -0.3 is 10.8 Å². The summed E-state index contributed by atoms with van der Waals surface area (Å²) in [5, 5.41) is 9.64. The van der Waals surface area contributed by atoms with Gasteiger partial charge in [-0.25, -0.2) is 0 Å². The van der Waals surface area contributed by atoms with E-state index in [1.54, 1.807) is 12.1 Å². The summed E-state index contributed by atoms with van der Waals surface area (Å²) < 4.78 is 0. The van der Waals surface area contributed by atoms with Gasteiger partial charge >= 0.3 is 0 Å². The molecule has 1 aromatic rings. The molecule has 0 amide bonds. The minimum atomic E-state index is 0.00509. The minimum Gasteiger partial charge on any atom is -0.506 e. The SMILES string of the molecule is CC(C)CC[C@H](N)c1ccc(O)c(Cl)c1. The Morgan fingerprint density at radius 2 is 2.00 bits per heavy atom. The highest BCUT2D eigenvalue weighted by molar-refractivity contribution is 6.32. The molecule has 0 bridgehead atoms. The highest BCUT2D eigenvalue weighted by Gasteiger charge is 2.09. The van der Waals surface area contributed by atoms with Crippen molar-refractivity contribution in [2.75, 3.05) is 0 Å². The Hall–Kier alpha value is -0.730. The molecule has 0 aliphatic heterocycles. The summed E-state index contributed by atoms with van der Waals surface area (Å²) in [6.45, 7) is 4.35. The number of rotatable bonds is 4. The van der Waals surface area contributed by atoms with Crippen LogP contribution in [0.5, 0.6) is 5.75 Å². The quantitative estimate of drug-likeness (QED) is 0.827. The van der Waals surface area contributed by atoms with Crippen LogP contribution < -0.4 is 5.73 Å². The van der Waals surface area contributed by atoms with Crippen LogP contribution in [-0.2, 0) is 0 Å². The van der Waals surface area contributed by atoms with Gasteiger partial charge in [0, 0.05) is 6.04 Å². The lowest BCUT2D eigenvalue weighted by Crippen LogP contribution is -2.11. The van der Waals surface area contributed by atoms with Crippen LogP contribution in [0.2, 0.25) is 5.02 Å². The number of aromatic hydroxyl groups is 1. The van der Waals surface area contributed by atoms with E-state index >= 15 is 0 Å². The molecule has 1 aromatic carbocycles. The molecule has 0 fully saturated rings. The summed E-state index contributed by atoms with van der Waals surface area (Å²) in [7, 11) is 0. The Morgan fingerprint density at radius 1 is 1.33 bits per heavy atom. The van der Waals surface area contributed by atoms with E-state index in [1.165, 1.54) is 0 Å². The summed E-state index contributed by atoms with van der Waals surface area (Å²) >= 11 is 5.82. The number of phenols is 1. The smallest absolute Gasteiger partial charge is 0.134 e. The second-order valence-corrected chi connectivity index (χ2v) is 4.70. The Bertz CT molecular complexity index is 325. The van der Waals surface area contributed by atoms with Crippen LogP contribution in [0.15, 0.2) is 18.2 Å². The number of hydrogen-bond acceptors (Lipinski definition) is 2. The van der Waals surface area contributed by atoms with Crippen molar-refractivity contribution >= 4 is 11.6 Å². The van der Waals surface area contributed by atoms with E-state index < -0.39 is 0 Å². The molecule has 15 heavy (non-hydrogen) atoms. The fourth-order valence-electron chi connectivity index (χ4n) is 1.43. The number of hydrogen-bond donors (Lipinski definition) is 2. The van der Waals surface area contributed by atoms with Crippen LogP contribution in [0.4, 0.5) is 0 Å². The van der Waals surface area contributed by atoms with Gasteiger partial charge in [0.15, 0.2) is 0 Å². The van der Waals surface area contributed by atoms with Gasteiger partial charge in [0.25, 0.3) is 0 Å². The first kappa shape index (κ1) is 12.3. The monoisotopic (exact) mass is 227 g/mol. The van der Waals surface area contributed by atoms with Crippen LogP contribution >= 0.6 is 11.6 Å². The van der Waals surface area contributed by atoms with E-state index in [0.29, 0.717) is 10.9 Å². The lowest BCUT2D eigenvalue weighted by atomic mass is 9.98. The first-order chi connectivity index (χ1) is 7.00. The Balaban J connectivity index is 2.65. The summed E-state index contributed by atoms with van der Waals surface area (Å²) in [5.74, 6) is 0.764. The van der Waals surface area contributed by atoms with E-state index in [0.717, 1.165) is 18.4 Å². The molecule has 84 valence electrons. The van der Waals surface area contributed by atoms with E-state index in [9.17, 15) is 5.11 Å². The first-order valence-electron chi connectivity index (χ1n) is 5.24. The van der Waals surface area contributed by atoms with Crippen molar-refractivity contribution in [2.45, 2.75) is 32.7 Å². The van der Waals surface area contributed by atoms with Crippen LogP contribution in [-0.4, -0.2) is 5.11 Å². The maximum Gasteiger partial charge on any atom is 0.134 e. The summed E-state index contributed by atoms with van der Waals surface area (Å²) in [6.07, 6.45) is 2.04. The van der Waals surface area contributed by atoms with Crippen LogP contribution in [0.3, 0.4) is 0 Å². The molecule has 0 radical (unpaired) electrons. The fraction of sp³-hybridized carbons (Fsp3) is 0.500. The molecule has 0 unspecified atom stereocenters. The third-order valence-electron chi connectivity index (χ3n) is 2.45. The van der Waals surface area contributed by atoms with Gasteiger partial charge in [-0.1, -0.05) is 31.5 Å². The maximum absolute atomic E-state index is 9.27. The molecule has 0 aliphatic carbocycles. The molecule has 0 heterocycles. The zero-order valence-electron chi connectivity index (χ0n) is 9.20. The number of phenolic OH excluding ortho intramolecular Hbond substituents is 1. The molecule has 0 spiro atoms. The third-order valence-corrected chi connectivity index (χ3v) is 2.76. The van der Waals surface area contributed by atoms with Crippen LogP contribution in [0.25, 0.3) is 0 Å². The molecular formula is C12H18ClNO. The maximum atomic E-state index is 9.27. The Kier molecular flexibility index (Phi) is 4.43. The molecule has 2 nitrogen and oxygen atoms in total. The zero-order chi connectivity index (χ0) is 11.4. The van der Waals surface area contributed by atoms with Gasteiger partial charge in [0.1, 0.15) is 5.75 Å². The second-order valence-electron chi connectivity index (χ2n) is 4.29. The lowest BCUT2D eigenvalue weighted by Gasteiger charge is -2.14. The number of nitrogens with two attached hydrogens (primary N) is 1. The molecule has 1 atom stereocenters. The highest BCUT2D eigenvalue weighted by Crippen LogP contribution is 2.27. The molecule has 0 saturated carbocycles. The molecule has 0 aliphatic rings. The number of benzene rings is 1. The van der Waals surface area contributed by atoms with Gasteiger partial charge in [0.05, 0.1) is 5.02 Å². The van der Waals surface area contributed by atoms with Gasteiger partial charge in [-0.05, 0) is 36.5 Å². The largest absolute Gasteiger partial charge is 0.506 e. The van der Waals surface area contributed by atoms with E-state index in [4.69, 9.17) is 17.3 Å². The van der Waals surface area contributed by atoms with Crippen LogP contribution in [0.1, 0.15) is 38.3 Å². The third kappa shape index (κ3) is 3.73. The standard InChI is InChI=1S/C12H18ClNO/c1-8(2)3-5-11(14)9-4-6-12(15)10(13)7-9/h4,6-8,11,15H,3,5,14H2,1-2H3/t11-/m0/s1. The van der Waals surface area contributed by atoms with Crippen molar-refractivity contribution in [1.29, 1.82) is 0 Å². The van der Waals surface area contributed by atoms with Crippen molar-refractivity contribution in [1.82, 2.24) is 0 Å². The molecule has 0 aromatic heterocycles. The van der Waals surface area contributed by atoms with Crippen molar-refractivity contribution in [3.05, 3.63) is 28.8 Å². The number of halogens is 1. The lowest BCUT2D eigenvalue weighted by molar-refractivity contribution is 0.474. The van der Waals surface area contributed by atoms with Crippen molar-refractivity contribution in [3.8, 4) is 5.75 Å². The normalized spacial score (nSPS) is 13.1. The first-order valence-corrected chi connectivity index (χ1v) is 5.62. The molecule has 3 heteroatoms. The summed E-state index contributed by atoms with van der Waals surface area (Å²) in [5.41, 5.74) is 7.01. The van der Waals surface area contributed by atoms with Gasteiger partial charge in [0.2, 0.25) is 0 Å². The van der Waals surface area contributed by atoms with Gasteiger partial charge in [-0.15, -0.1) is 0 Å². The van der Waals surface area contributed by atoms with Crippen LogP contribution in [0, 0.1) is 5.92 Å². The minimum absolute atomic E-state index is 0.00509. The predicted octanol–water partition coefficient (Wildman–Crippen LogP) is 3.48. The highest BCUT2D eigenvalue weighted by atomic mass is 35.5. The Labute approximate surface area is 96.1 Å². The molecule has 1 rings (SSSR count). The molecule has 3 N–H and O–H groups in total. The average Bonchev–Trinajstić information content (AvgIpc) is 2.18. The second kappa shape index (κ2) is 5.38. The van der Waals surface area contributed by atoms with Crippen molar-refractivity contribution < 1.29 is 5.11 Å². The van der Waals surface area contributed by atoms with Crippen molar-refractivity contribution in [3.63, 3.8) is 0 Å². The summed E-state index contributed by atoms with van der Waals surface area (Å²) in [6, 6.07) is 5.16. The summed E-state index contributed by atoms with van der Waals surface area (Å²) in [4.78, 5) is 0. The zero-order valence-corrected chi connectivity index (χ0v) is 9.96.